The zero-order valence-electron chi connectivity index (χ0n) is 10.4. The molecule has 1 aliphatic rings. The van der Waals surface area contributed by atoms with Crippen LogP contribution in [-0.2, 0) is 0 Å². The number of halogens is 1. The monoisotopic (exact) mass is 236 g/mol. The van der Waals surface area contributed by atoms with Crippen LogP contribution in [0.2, 0.25) is 0 Å². The fraction of sp³-hybridized carbons (Fsp3) is 0.571. The zero-order valence-corrected chi connectivity index (χ0v) is 10.4. The summed E-state index contributed by atoms with van der Waals surface area (Å²) in [5.41, 5.74) is 6.67. The molecular formula is C14H21FN2. The van der Waals surface area contributed by atoms with Crippen molar-refractivity contribution in [3.8, 4) is 0 Å². The van der Waals surface area contributed by atoms with Crippen molar-refractivity contribution in [2.75, 3.05) is 13.6 Å². The van der Waals surface area contributed by atoms with Crippen molar-refractivity contribution >= 4 is 0 Å². The summed E-state index contributed by atoms with van der Waals surface area (Å²) in [6.07, 6.45) is 4.75. The second-order valence-electron chi connectivity index (χ2n) is 4.98. The van der Waals surface area contributed by atoms with Gasteiger partial charge in [-0.05, 0) is 38.9 Å². The van der Waals surface area contributed by atoms with E-state index in [1.54, 1.807) is 12.1 Å². The molecule has 1 saturated carbocycles. The molecule has 0 amide bonds. The quantitative estimate of drug-likeness (QED) is 0.851. The molecule has 1 unspecified atom stereocenters. The number of hydrogen-bond acceptors (Lipinski definition) is 2. The summed E-state index contributed by atoms with van der Waals surface area (Å²) in [6, 6.07) is 7.33. The molecule has 0 saturated heterocycles. The second-order valence-corrected chi connectivity index (χ2v) is 4.98. The zero-order chi connectivity index (χ0) is 12.3. The minimum absolute atomic E-state index is 0.189. The molecular weight excluding hydrogens is 215 g/mol. The third-order valence-corrected chi connectivity index (χ3v) is 3.80. The standard InChI is InChI=1S/C14H21FN2/c1-17(11-5-4-6-11)10-9-14(16)12-7-2-3-8-13(12)15/h2-3,7-8,11,14H,4-6,9-10,16H2,1H3. The minimum atomic E-state index is -0.196. The molecule has 1 fully saturated rings. The molecule has 2 N–H and O–H groups in total. The Morgan fingerprint density at radius 1 is 1.41 bits per heavy atom. The lowest BCUT2D eigenvalue weighted by Crippen LogP contribution is -2.38. The van der Waals surface area contributed by atoms with Crippen LogP contribution < -0.4 is 5.73 Å². The Morgan fingerprint density at radius 3 is 2.71 bits per heavy atom. The number of hydrogen-bond donors (Lipinski definition) is 1. The second kappa shape index (κ2) is 5.61. The Balaban J connectivity index is 1.84. The van der Waals surface area contributed by atoms with E-state index in [1.807, 2.05) is 6.07 Å². The van der Waals surface area contributed by atoms with Crippen LogP contribution in [0.3, 0.4) is 0 Å². The Bertz CT molecular complexity index is 363. The molecule has 0 spiro atoms. The van der Waals surface area contributed by atoms with E-state index in [0.29, 0.717) is 5.56 Å². The third kappa shape index (κ3) is 3.05. The molecule has 2 rings (SSSR count). The molecule has 0 radical (unpaired) electrons. The van der Waals surface area contributed by atoms with E-state index in [0.717, 1.165) is 19.0 Å². The van der Waals surface area contributed by atoms with Crippen LogP contribution in [0.5, 0.6) is 0 Å². The summed E-state index contributed by atoms with van der Waals surface area (Å²) >= 11 is 0. The lowest BCUT2D eigenvalue weighted by molar-refractivity contribution is 0.155. The van der Waals surface area contributed by atoms with Crippen molar-refractivity contribution in [3.05, 3.63) is 35.6 Å². The summed E-state index contributed by atoms with van der Waals surface area (Å²) in [5, 5.41) is 0. The van der Waals surface area contributed by atoms with Crippen LogP contribution >= 0.6 is 0 Å². The number of nitrogens with zero attached hydrogens (tertiary/aromatic N) is 1. The molecule has 1 aromatic rings. The topological polar surface area (TPSA) is 29.3 Å². The molecule has 17 heavy (non-hydrogen) atoms. The predicted molar refractivity (Wildman–Crippen MR) is 68.2 cm³/mol. The van der Waals surface area contributed by atoms with E-state index >= 15 is 0 Å². The maximum atomic E-state index is 13.5. The Morgan fingerprint density at radius 2 is 2.12 bits per heavy atom. The van der Waals surface area contributed by atoms with Gasteiger partial charge in [0.15, 0.2) is 0 Å². The molecule has 0 bridgehead atoms. The van der Waals surface area contributed by atoms with Crippen molar-refractivity contribution in [1.82, 2.24) is 4.90 Å². The third-order valence-electron chi connectivity index (χ3n) is 3.80. The smallest absolute Gasteiger partial charge is 0.127 e. The predicted octanol–water partition coefficient (Wildman–Crippen LogP) is 2.70. The summed E-state index contributed by atoms with van der Waals surface area (Å²) in [5.74, 6) is -0.189. The summed E-state index contributed by atoms with van der Waals surface area (Å²) in [7, 11) is 2.14. The molecule has 1 atom stereocenters. The van der Waals surface area contributed by atoms with Gasteiger partial charge in [-0.25, -0.2) is 4.39 Å². The van der Waals surface area contributed by atoms with E-state index in [4.69, 9.17) is 5.73 Å². The molecule has 0 aromatic heterocycles. The fourth-order valence-electron chi connectivity index (χ4n) is 2.28. The van der Waals surface area contributed by atoms with E-state index in [-0.39, 0.29) is 11.9 Å². The molecule has 1 aromatic carbocycles. The van der Waals surface area contributed by atoms with Gasteiger partial charge in [0.2, 0.25) is 0 Å². The lowest BCUT2D eigenvalue weighted by atomic mass is 9.91. The maximum absolute atomic E-state index is 13.5. The minimum Gasteiger partial charge on any atom is -0.324 e. The van der Waals surface area contributed by atoms with Crippen molar-refractivity contribution in [2.45, 2.75) is 37.8 Å². The Kier molecular flexibility index (Phi) is 4.13. The summed E-state index contributed by atoms with van der Waals surface area (Å²) < 4.78 is 13.5. The summed E-state index contributed by atoms with van der Waals surface area (Å²) in [4.78, 5) is 2.35. The van der Waals surface area contributed by atoms with Crippen LogP contribution in [0, 0.1) is 5.82 Å². The average molecular weight is 236 g/mol. The van der Waals surface area contributed by atoms with Gasteiger partial charge in [0.25, 0.3) is 0 Å². The lowest BCUT2D eigenvalue weighted by Gasteiger charge is -2.35. The largest absolute Gasteiger partial charge is 0.324 e. The van der Waals surface area contributed by atoms with Gasteiger partial charge in [0, 0.05) is 17.6 Å². The van der Waals surface area contributed by atoms with E-state index < -0.39 is 0 Å². The highest BCUT2D eigenvalue weighted by atomic mass is 19.1. The number of nitrogens with two attached hydrogens (primary N) is 1. The SMILES string of the molecule is CN(CCC(N)c1ccccc1F)C1CCC1. The van der Waals surface area contributed by atoms with Crippen molar-refractivity contribution in [2.24, 2.45) is 5.73 Å². The molecule has 3 heteroatoms. The number of rotatable bonds is 5. The van der Waals surface area contributed by atoms with Gasteiger partial charge in [-0.2, -0.15) is 0 Å². The van der Waals surface area contributed by atoms with Crippen molar-refractivity contribution in [3.63, 3.8) is 0 Å². The number of benzene rings is 1. The first-order chi connectivity index (χ1) is 8.18. The first-order valence-corrected chi connectivity index (χ1v) is 6.38. The normalized spacial score (nSPS) is 18.1. The fourth-order valence-corrected chi connectivity index (χ4v) is 2.28. The van der Waals surface area contributed by atoms with Gasteiger partial charge in [-0.15, -0.1) is 0 Å². The highest BCUT2D eigenvalue weighted by molar-refractivity contribution is 5.20. The van der Waals surface area contributed by atoms with Gasteiger partial charge in [0.1, 0.15) is 5.82 Å². The van der Waals surface area contributed by atoms with E-state index in [1.165, 1.54) is 25.3 Å². The van der Waals surface area contributed by atoms with Crippen molar-refractivity contribution < 1.29 is 4.39 Å². The Labute approximate surface area is 103 Å². The molecule has 2 nitrogen and oxygen atoms in total. The molecule has 94 valence electrons. The first-order valence-electron chi connectivity index (χ1n) is 6.38. The van der Waals surface area contributed by atoms with E-state index in [9.17, 15) is 4.39 Å². The van der Waals surface area contributed by atoms with Crippen LogP contribution in [0.4, 0.5) is 4.39 Å². The van der Waals surface area contributed by atoms with Gasteiger partial charge < -0.3 is 10.6 Å². The maximum Gasteiger partial charge on any atom is 0.127 e. The Hall–Kier alpha value is -0.930. The van der Waals surface area contributed by atoms with Gasteiger partial charge in [-0.1, -0.05) is 24.6 Å². The van der Waals surface area contributed by atoms with E-state index in [2.05, 4.69) is 11.9 Å². The highest BCUT2D eigenvalue weighted by Crippen LogP contribution is 2.25. The van der Waals surface area contributed by atoms with Crippen LogP contribution in [-0.4, -0.2) is 24.5 Å². The van der Waals surface area contributed by atoms with Gasteiger partial charge in [0.05, 0.1) is 0 Å². The van der Waals surface area contributed by atoms with Gasteiger partial charge in [-0.3, -0.25) is 0 Å². The van der Waals surface area contributed by atoms with Crippen LogP contribution in [0.15, 0.2) is 24.3 Å². The highest BCUT2D eigenvalue weighted by Gasteiger charge is 2.22. The average Bonchev–Trinajstić information content (AvgIpc) is 2.24. The molecule has 0 aliphatic heterocycles. The van der Waals surface area contributed by atoms with Crippen LogP contribution in [0.1, 0.15) is 37.3 Å². The van der Waals surface area contributed by atoms with Gasteiger partial charge >= 0.3 is 0 Å². The van der Waals surface area contributed by atoms with Crippen LogP contribution in [0.25, 0.3) is 0 Å². The first kappa shape index (κ1) is 12.5. The molecule has 0 heterocycles. The summed E-state index contributed by atoms with van der Waals surface area (Å²) in [6.45, 7) is 0.945. The van der Waals surface area contributed by atoms with Crippen molar-refractivity contribution in [1.29, 1.82) is 0 Å². The molecule has 1 aliphatic carbocycles.